The summed E-state index contributed by atoms with van der Waals surface area (Å²) in [4.78, 5) is 15.6. The number of rotatable bonds is 6. The summed E-state index contributed by atoms with van der Waals surface area (Å²) in [6, 6.07) is 20.7. The smallest absolute Gasteiger partial charge is 0.145 e. The summed E-state index contributed by atoms with van der Waals surface area (Å²) in [6.45, 7) is 7.20. The SMILES string of the molecule is CCCN1CCC(C(C(C)=O)(c2ccccc2)c2ccccc2)C1. The Balaban J connectivity index is 2.12. The maximum Gasteiger partial charge on any atom is 0.145 e. The molecule has 2 aromatic rings. The van der Waals surface area contributed by atoms with E-state index in [4.69, 9.17) is 0 Å². The van der Waals surface area contributed by atoms with Gasteiger partial charge in [-0.05, 0) is 49.9 Å². The Morgan fingerprint density at radius 2 is 1.58 bits per heavy atom. The van der Waals surface area contributed by atoms with Crippen LogP contribution >= 0.6 is 0 Å². The quantitative estimate of drug-likeness (QED) is 0.791. The number of ketones is 1. The number of hydrogen-bond acceptors (Lipinski definition) is 2. The zero-order valence-corrected chi connectivity index (χ0v) is 14.7. The Bertz CT molecular complexity index is 625. The van der Waals surface area contributed by atoms with Crippen molar-refractivity contribution in [1.29, 1.82) is 0 Å². The summed E-state index contributed by atoms with van der Waals surface area (Å²) < 4.78 is 0. The average Bonchev–Trinajstić information content (AvgIpc) is 3.06. The highest BCUT2D eigenvalue weighted by molar-refractivity contribution is 5.92. The van der Waals surface area contributed by atoms with Crippen LogP contribution in [0.4, 0.5) is 0 Å². The van der Waals surface area contributed by atoms with Crippen molar-refractivity contribution in [2.24, 2.45) is 5.92 Å². The molecule has 0 bridgehead atoms. The molecule has 1 fully saturated rings. The number of carbonyl (C=O) groups is 1. The van der Waals surface area contributed by atoms with Gasteiger partial charge in [-0.3, -0.25) is 4.79 Å². The normalized spacial score (nSPS) is 18.7. The lowest BCUT2D eigenvalue weighted by molar-refractivity contribution is -0.122. The minimum absolute atomic E-state index is 0.253. The maximum atomic E-state index is 13.1. The molecule has 1 heterocycles. The molecule has 2 nitrogen and oxygen atoms in total. The molecule has 0 N–H and O–H groups in total. The van der Waals surface area contributed by atoms with Gasteiger partial charge >= 0.3 is 0 Å². The van der Waals surface area contributed by atoms with Gasteiger partial charge in [0.2, 0.25) is 0 Å². The monoisotopic (exact) mass is 321 g/mol. The van der Waals surface area contributed by atoms with Crippen LogP contribution in [-0.2, 0) is 10.2 Å². The van der Waals surface area contributed by atoms with Gasteiger partial charge in [0.15, 0.2) is 0 Å². The first-order valence-corrected chi connectivity index (χ1v) is 9.04. The Kier molecular flexibility index (Phi) is 5.15. The van der Waals surface area contributed by atoms with Crippen molar-refractivity contribution < 1.29 is 4.79 Å². The van der Waals surface area contributed by atoms with Gasteiger partial charge < -0.3 is 4.90 Å². The van der Waals surface area contributed by atoms with E-state index in [1.54, 1.807) is 6.92 Å². The van der Waals surface area contributed by atoms with Crippen molar-refractivity contribution in [2.45, 2.75) is 32.1 Å². The largest absolute Gasteiger partial charge is 0.303 e. The molecular formula is C22H27NO. The van der Waals surface area contributed by atoms with Gasteiger partial charge in [0, 0.05) is 6.54 Å². The highest BCUT2D eigenvalue weighted by Crippen LogP contribution is 2.44. The third kappa shape index (κ3) is 2.91. The van der Waals surface area contributed by atoms with Crippen LogP contribution in [0.15, 0.2) is 60.7 Å². The van der Waals surface area contributed by atoms with Gasteiger partial charge in [-0.25, -0.2) is 0 Å². The molecule has 3 rings (SSSR count). The molecule has 1 saturated heterocycles. The van der Waals surface area contributed by atoms with E-state index in [9.17, 15) is 4.79 Å². The van der Waals surface area contributed by atoms with Gasteiger partial charge in [-0.1, -0.05) is 67.6 Å². The molecule has 0 aromatic heterocycles. The second-order valence-corrected chi connectivity index (χ2v) is 6.88. The third-order valence-electron chi connectivity index (χ3n) is 5.44. The van der Waals surface area contributed by atoms with E-state index < -0.39 is 5.41 Å². The van der Waals surface area contributed by atoms with Crippen LogP contribution in [0.5, 0.6) is 0 Å². The van der Waals surface area contributed by atoms with Crippen molar-refractivity contribution in [3.05, 3.63) is 71.8 Å². The maximum absolute atomic E-state index is 13.1. The van der Waals surface area contributed by atoms with E-state index in [0.29, 0.717) is 5.92 Å². The molecule has 0 radical (unpaired) electrons. The van der Waals surface area contributed by atoms with Crippen LogP contribution in [0.2, 0.25) is 0 Å². The second kappa shape index (κ2) is 7.31. The van der Waals surface area contributed by atoms with Crippen LogP contribution in [0.1, 0.15) is 37.8 Å². The average molecular weight is 321 g/mol. The Morgan fingerprint density at radius 3 is 2.04 bits per heavy atom. The molecule has 2 heteroatoms. The van der Waals surface area contributed by atoms with E-state index in [2.05, 4.69) is 60.4 Å². The summed E-state index contributed by atoms with van der Waals surface area (Å²) >= 11 is 0. The number of hydrogen-bond donors (Lipinski definition) is 0. The fraction of sp³-hybridized carbons (Fsp3) is 0.409. The van der Waals surface area contributed by atoms with Crippen LogP contribution < -0.4 is 0 Å². The Morgan fingerprint density at radius 1 is 1.04 bits per heavy atom. The van der Waals surface area contributed by atoms with Gasteiger partial charge in [-0.15, -0.1) is 0 Å². The van der Waals surface area contributed by atoms with Crippen LogP contribution in [-0.4, -0.2) is 30.3 Å². The van der Waals surface area contributed by atoms with Crippen LogP contribution in [0.25, 0.3) is 0 Å². The summed E-state index contributed by atoms with van der Waals surface area (Å²) in [7, 11) is 0. The molecule has 2 aromatic carbocycles. The first-order chi connectivity index (χ1) is 11.7. The van der Waals surface area contributed by atoms with Crippen molar-refractivity contribution in [2.75, 3.05) is 19.6 Å². The molecule has 1 unspecified atom stereocenters. The van der Waals surface area contributed by atoms with Crippen molar-refractivity contribution in [3.63, 3.8) is 0 Å². The van der Waals surface area contributed by atoms with E-state index in [-0.39, 0.29) is 5.78 Å². The fourth-order valence-electron chi connectivity index (χ4n) is 4.44. The molecule has 0 saturated carbocycles. The number of carbonyl (C=O) groups excluding carboxylic acids is 1. The van der Waals surface area contributed by atoms with E-state index in [1.807, 2.05) is 12.1 Å². The standard InChI is InChI=1S/C22H27NO/c1-3-15-23-16-14-21(17-23)22(18(2)24,19-10-6-4-7-11-19)20-12-8-5-9-13-20/h4-13,21H,3,14-17H2,1-2H3. The number of nitrogens with zero attached hydrogens (tertiary/aromatic N) is 1. The minimum atomic E-state index is -0.537. The lowest BCUT2D eigenvalue weighted by Crippen LogP contribution is -2.44. The number of Topliss-reactive ketones (excluding diaryl/α,β-unsaturated/α-hetero) is 1. The lowest BCUT2D eigenvalue weighted by atomic mass is 9.63. The van der Waals surface area contributed by atoms with E-state index in [0.717, 1.165) is 43.6 Å². The third-order valence-corrected chi connectivity index (χ3v) is 5.44. The number of benzene rings is 2. The summed E-state index contributed by atoms with van der Waals surface area (Å²) in [6.07, 6.45) is 2.24. The van der Waals surface area contributed by atoms with Crippen molar-refractivity contribution in [1.82, 2.24) is 4.90 Å². The minimum Gasteiger partial charge on any atom is -0.303 e. The molecule has 0 aliphatic carbocycles. The van der Waals surface area contributed by atoms with Gasteiger partial charge in [0.25, 0.3) is 0 Å². The summed E-state index contributed by atoms with van der Waals surface area (Å²) in [5.41, 5.74) is 1.73. The Hall–Kier alpha value is -1.93. The molecule has 0 spiro atoms. The van der Waals surface area contributed by atoms with Gasteiger partial charge in [-0.2, -0.15) is 0 Å². The molecule has 0 amide bonds. The van der Waals surface area contributed by atoms with E-state index >= 15 is 0 Å². The van der Waals surface area contributed by atoms with Crippen molar-refractivity contribution in [3.8, 4) is 0 Å². The first-order valence-electron chi connectivity index (χ1n) is 9.04. The topological polar surface area (TPSA) is 20.3 Å². The molecule has 126 valence electrons. The predicted molar refractivity (Wildman–Crippen MR) is 99.2 cm³/mol. The van der Waals surface area contributed by atoms with Crippen LogP contribution in [0.3, 0.4) is 0 Å². The summed E-state index contributed by atoms with van der Waals surface area (Å²) in [5.74, 6) is 0.578. The van der Waals surface area contributed by atoms with Crippen LogP contribution in [0, 0.1) is 5.92 Å². The Labute approximate surface area is 145 Å². The second-order valence-electron chi connectivity index (χ2n) is 6.88. The van der Waals surface area contributed by atoms with Gasteiger partial charge in [0.1, 0.15) is 5.78 Å². The molecular weight excluding hydrogens is 294 g/mol. The predicted octanol–water partition coefficient (Wildman–Crippen LogP) is 4.29. The van der Waals surface area contributed by atoms with Crippen molar-refractivity contribution >= 4 is 5.78 Å². The van der Waals surface area contributed by atoms with Gasteiger partial charge in [0.05, 0.1) is 5.41 Å². The molecule has 24 heavy (non-hydrogen) atoms. The first kappa shape index (κ1) is 16.9. The fourth-order valence-corrected chi connectivity index (χ4v) is 4.44. The summed E-state index contributed by atoms with van der Waals surface area (Å²) in [5, 5.41) is 0. The zero-order chi connectivity index (χ0) is 17.0. The zero-order valence-electron chi connectivity index (χ0n) is 14.7. The molecule has 1 aliphatic rings. The highest BCUT2D eigenvalue weighted by Gasteiger charge is 2.48. The molecule has 1 aliphatic heterocycles. The lowest BCUT2D eigenvalue weighted by Gasteiger charge is -2.38. The number of likely N-dealkylation sites (tertiary alicyclic amines) is 1. The van der Waals surface area contributed by atoms with E-state index in [1.165, 1.54) is 0 Å². The highest BCUT2D eigenvalue weighted by atomic mass is 16.1. The molecule has 1 atom stereocenters.